The summed E-state index contributed by atoms with van der Waals surface area (Å²) in [4.78, 5) is 18.7. The predicted octanol–water partition coefficient (Wildman–Crippen LogP) is 5.01. The molecule has 2 aliphatic heterocycles. The number of carboxylic acid groups (broad SMARTS) is 1. The second kappa shape index (κ2) is 8.58. The zero-order chi connectivity index (χ0) is 22.2. The molecule has 6 heteroatoms. The number of nitrogens with zero attached hydrogens (tertiary/aromatic N) is 3. The molecule has 32 heavy (non-hydrogen) atoms. The fourth-order valence-electron chi connectivity index (χ4n) is 5.60. The van der Waals surface area contributed by atoms with Crippen molar-refractivity contribution < 1.29 is 9.90 Å². The largest absolute Gasteiger partial charge is 0.465 e. The number of carbonyl (C=O) groups is 1. The third-order valence-corrected chi connectivity index (χ3v) is 7.36. The van der Waals surface area contributed by atoms with Crippen LogP contribution in [0.25, 0.3) is 11.0 Å². The third-order valence-electron chi connectivity index (χ3n) is 7.36. The zero-order valence-electron chi connectivity index (χ0n) is 18.9. The third kappa shape index (κ3) is 3.66. The molecule has 0 spiro atoms. The Hall–Kier alpha value is -2.86. The van der Waals surface area contributed by atoms with Gasteiger partial charge in [-0.15, -0.1) is 0 Å². The highest BCUT2D eigenvalue weighted by molar-refractivity contribution is 5.94. The summed E-state index contributed by atoms with van der Waals surface area (Å²) in [6.45, 7) is 6.43. The highest BCUT2D eigenvalue weighted by Crippen LogP contribution is 2.38. The van der Waals surface area contributed by atoms with E-state index in [9.17, 15) is 9.90 Å². The minimum Gasteiger partial charge on any atom is -0.465 e. The van der Waals surface area contributed by atoms with Crippen LogP contribution in [0.15, 0.2) is 42.5 Å². The van der Waals surface area contributed by atoms with Crippen LogP contribution in [0, 0.1) is 5.92 Å². The summed E-state index contributed by atoms with van der Waals surface area (Å²) in [6, 6.07) is 14.9. The van der Waals surface area contributed by atoms with Crippen molar-refractivity contribution in [1.29, 1.82) is 0 Å². The predicted molar refractivity (Wildman–Crippen MR) is 128 cm³/mol. The number of aromatic nitrogens is 2. The Labute approximate surface area is 189 Å². The molecule has 6 nitrogen and oxygen atoms in total. The number of nitrogens with one attached hydrogen (secondary N) is 1. The molecule has 1 unspecified atom stereocenters. The van der Waals surface area contributed by atoms with Gasteiger partial charge < -0.3 is 15.0 Å². The lowest BCUT2D eigenvalue weighted by Crippen LogP contribution is -2.41. The first-order valence-electron chi connectivity index (χ1n) is 11.8. The van der Waals surface area contributed by atoms with Crippen LogP contribution in [0.4, 0.5) is 10.5 Å². The van der Waals surface area contributed by atoms with E-state index in [1.807, 2.05) is 19.1 Å². The normalized spacial score (nSPS) is 22.0. The van der Waals surface area contributed by atoms with E-state index < -0.39 is 6.09 Å². The number of hydrogen-bond acceptors (Lipinski definition) is 3. The summed E-state index contributed by atoms with van der Waals surface area (Å²) in [5.74, 6) is 1.63. The monoisotopic (exact) mass is 432 g/mol. The maximum atomic E-state index is 12.0. The van der Waals surface area contributed by atoms with Crippen LogP contribution in [0.1, 0.15) is 56.1 Å². The molecule has 0 radical (unpaired) electrons. The number of rotatable bonds is 4. The Morgan fingerprint density at radius 1 is 1.22 bits per heavy atom. The van der Waals surface area contributed by atoms with Crippen molar-refractivity contribution in [1.82, 2.24) is 14.9 Å². The van der Waals surface area contributed by atoms with Gasteiger partial charge in [0.15, 0.2) is 0 Å². The first-order valence-corrected chi connectivity index (χ1v) is 11.8. The van der Waals surface area contributed by atoms with E-state index in [1.165, 1.54) is 23.3 Å². The number of amides is 1. The number of aryl methyl sites for hydroxylation is 1. The molecular formula is C26H32N4O2. The molecule has 5 rings (SSSR count). The summed E-state index contributed by atoms with van der Waals surface area (Å²) in [6.07, 6.45) is 3.99. The Morgan fingerprint density at radius 3 is 2.75 bits per heavy atom. The number of fused-ring (bicyclic) bond motifs is 3. The van der Waals surface area contributed by atoms with Gasteiger partial charge in [0.05, 0.1) is 16.7 Å². The first-order chi connectivity index (χ1) is 15.5. The number of piperidine rings is 1. The van der Waals surface area contributed by atoms with Gasteiger partial charge in [0.1, 0.15) is 5.82 Å². The minimum absolute atomic E-state index is 0.0180. The number of hydrogen-bond donors (Lipinski definition) is 2. The van der Waals surface area contributed by atoms with Gasteiger partial charge in [0.25, 0.3) is 0 Å². The molecule has 1 saturated heterocycles. The molecule has 0 aliphatic carbocycles. The average Bonchev–Trinajstić information content (AvgIpc) is 3.17. The molecule has 168 valence electrons. The fraction of sp³-hybridized carbons (Fsp3) is 0.462. The summed E-state index contributed by atoms with van der Waals surface area (Å²) in [5, 5.41) is 13.4. The molecule has 3 heterocycles. The van der Waals surface area contributed by atoms with Crippen LogP contribution in [0.2, 0.25) is 0 Å². The quantitative estimate of drug-likeness (QED) is 0.608. The molecule has 2 N–H and O–H groups in total. The Balaban J connectivity index is 1.65. The van der Waals surface area contributed by atoms with Crippen molar-refractivity contribution in [2.45, 2.75) is 58.0 Å². The van der Waals surface area contributed by atoms with E-state index in [-0.39, 0.29) is 6.04 Å². The van der Waals surface area contributed by atoms with Crippen LogP contribution in [-0.4, -0.2) is 39.9 Å². The number of imidazole rings is 1. The topological polar surface area (TPSA) is 70.4 Å². The maximum absolute atomic E-state index is 12.0. The van der Waals surface area contributed by atoms with E-state index in [4.69, 9.17) is 4.98 Å². The molecular weight excluding hydrogens is 400 g/mol. The molecule has 2 aromatic carbocycles. The molecule has 1 amide bonds. The van der Waals surface area contributed by atoms with E-state index in [2.05, 4.69) is 47.1 Å². The van der Waals surface area contributed by atoms with E-state index >= 15 is 0 Å². The summed E-state index contributed by atoms with van der Waals surface area (Å²) in [7, 11) is 0. The second-order valence-electron chi connectivity index (χ2n) is 9.38. The van der Waals surface area contributed by atoms with Gasteiger partial charge in [-0.1, -0.05) is 30.3 Å². The van der Waals surface area contributed by atoms with Crippen molar-refractivity contribution in [3.8, 4) is 0 Å². The number of anilines is 1. The minimum atomic E-state index is -0.886. The molecule has 1 aromatic heterocycles. The average molecular weight is 433 g/mol. The van der Waals surface area contributed by atoms with Gasteiger partial charge in [0, 0.05) is 24.1 Å². The van der Waals surface area contributed by atoms with Crippen LogP contribution in [0.5, 0.6) is 0 Å². The van der Waals surface area contributed by atoms with Gasteiger partial charge in [-0.25, -0.2) is 9.78 Å². The van der Waals surface area contributed by atoms with E-state index in [0.717, 1.165) is 60.5 Å². The molecule has 1 fully saturated rings. The molecule has 0 saturated carbocycles. The summed E-state index contributed by atoms with van der Waals surface area (Å²) < 4.78 is 2.43. The lowest BCUT2D eigenvalue weighted by Gasteiger charge is -2.33. The lowest BCUT2D eigenvalue weighted by atomic mass is 9.92. The van der Waals surface area contributed by atoms with Gasteiger partial charge in [-0.3, -0.25) is 4.90 Å². The summed E-state index contributed by atoms with van der Waals surface area (Å²) in [5.41, 5.74) is 5.22. The van der Waals surface area contributed by atoms with Gasteiger partial charge in [0.2, 0.25) is 0 Å². The Morgan fingerprint density at radius 2 is 2.03 bits per heavy atom. The second-order valence-corrected chi connectivity index (χ2v) is 9.38. The Kier molecular flexibility index (Phi) is 5.64. The molecule has 2 aliphatic rings. The zero-order valence-corrected chi connectivity index (χ0v) is 18.9. The highest BCUT2D eigenvalue weighted by Gasteiger charge is 2.32. The van der Waals surface area contributed by atoms with Crippen molar-refractivity contribution >= 4 is 22.8 Å². The van der Waals surface area contributed by atoms with Crippen molar-refractivity contribution in [3.05, 3.63) is 59.4 Å². The van der Waals surface area contributed by atoms with E-state index in [0.29, 0.717) is 12.0 Å². The molecule has 3 atom stereocenters. The Bertz CT molecular complexity index is 1120. The lowest BCUT2D eigenvalue weighted by molar-refractivity contribution is 0.198. The first kappa shape index (κ1) is 21.0. The summed E-state index contributed by atoms with van der Waals surface area (Å²) >= 11 is 0. The van der Waals surface area contributed by atoms with Crippen LogP contribution in [0.3, 0.4) is 0 Å². The van der Waals surface area contributed by atoms with Crippen LogP contribution < -0.4 is 10.2 Å². The van der Waals surface area contributed by atoms with Gasteiger partial charge in [-0.05, 0) is 76.2 Å². The van der Waals surface area contributed by atoms with Crippen molar-refractivity contribution in [3.63, 3.8) is 0 Å². The van der Waals surface area contributed by atoms with Crippen molar-refractivity contribution in [2.75, 3.05) is 18.0 Å². The van der Waals surface area contributed by atoms with Gasteiger partial charge in [-0.2, -0.15) is 0 Å². The van der Waals surface area contributed by atoms with E-state index in [1.54, 1.807) is 0 Å². The molecule has 3 aromatic rings. The highest BCUT2D eigenvalue weighted by atomic mass is 16.4. The van der Waals surface area contributed by atoms with Crippen molar-refractivity contribution in [2.24, 2.45) is 5.92 Å². The SMILES string of the molecule is CC([C@@H]1CCCNC1)n1c(Cc2ccccc2)nc2c3c(ccc21)N(C(=O)O)[C@@H](C)CC3. The number of benzene rings is 2. The van der Waals surface area contributed by atoms with Crippen LogP contribution in [-0.2, 0) is 12.8 Å². The van der Waals surface area contributed by atoms with Crippen LogP contribution >= 0.6 is 0 Å². The van der Waals surface area contributed by atoms with Gasteiger partial charge >= 0.3 is 6.09 Å². The fourth-order valence-corrected chi connectivity index (χ4v) is 5.60. The smallest absolute Gasteiger partial charge is 0.412 e. The molecule has 0 bridgehead atoms. The standard InChI is InChI=1S/C26H32N4O2/c1-17-10-11-21-22(29(17)26(31)32)12-13-23-25(21)28-24(15-19-7-4-3-5-8-19)30(23)18(2)20-9-6-14-27-16-20/h3-5,7-8,12-13,17-18,20,27H,6,9-11,14-16H2,1-2H3,(H,31,32)/t17-,18?,20+/m0/s1. The maximum Gasteiger partial charge on any atom is 0.412 e.